The number of aliphatic carboxylic acids is 1. The van der Waals surface area contributed by atoms with Crippen molar-refractivity contribution < 1.29 is 15.0 Å². The highest BCUT2D eigenvalue weighted by atomic mass is 16.4. The Morgan fingerprint density at radius 2 is 1.89 bits per heavy atom. The first-order chi connectivity index (χ1) is 13.0. The van der Waals surface area contributed by atoms with E-state index < -0.39 is 12.0 Å². The molecule has 7 heteroatoms. The van der Waals surface area contributed by atoms with Gasteiger partial charge in [0.15, 0.2) is 5.82 Å². The van der Waals surface area contributed by atoms with Crippen LogP contribution in [0.2, 0.25) is 0 Å². The number of phenols is 1. The molecule has 0 amide bonds. The van der Waals surface area contributed by atoms with Crippen molar-refractivity contribution in [2.24, 2.45) is 0 Å². The number of carbonyl (C=O) groups is 1. The number of carboxylic acids is 1. The Morgan fingerprint density at radius 3 is 2.63 bits per heavy atom. The fraction of sp³-hybridized carbons (Fsp3) is 0.250. The maximum Gasteiger partial charge on any atom is 0.320 e. The van der Waals surface area contributed by atoms with E-state index in [0.29, 0.717) is 30.2 Å². The molecule has 138 valence electrons. The van der Waals surface area contributed by atoms with Gasteiger partial charge in [-0.1, -0.05) is 24.3 Å². The van der Waals surface area contributed by atoms with E-state index in [1.165, 1.54) is 0 Å². The van der Waals surface area contributed by atoms with E-state index in [9.17, 15) is 15.0 Å². The zero-order valence-electron chi connectivity index (χ0n) is 14.8. The van der Waals surface area contributed by atoms with Crippen molar-refractivity contribution in [1.29, 1.82) is 0 Å². The first kappa shape index (κ1) is 17.2. The summed E-state index contributed by atoms with van der Waals surface area (Å²) in [6.45, 7) is 0.612. The Morgan fingerprint density at radius 1 is 1.15 bits per heavy atom. The number of hydrogen-bond acceptors (Lipinski definition) is 6. The van der Waals surface area contributed by atoms with Crippen LogP contribution in [0.1, 0.15) is 6.42 Å². The number of carboxylic acid groups (broad SMARTS) is 1. The number of hydrogen-bond donors (Lipinski definition) is 3. The number of phenolic OH excluding ortho intramolecular Hbond substituents is 1. The van der Waals surface area contributed by atoms with E-state index in [-0.39, 0.29) is 11.8 Å². The third-order valence-corrected chi connectivity index (χ3v) is 4.92. The van der Waals surface area contributed by atoms with E-state index >= 15 is 0 Å². The highest BCUT2D eigenvalue weighted by molar-refractivity contribution is 5.91. The van der Waals surface area contributed by atoms with Crippen LogP contribution in [0.25, 0.3) is 22.3 Å². The Bertz CT molecular complexity index is 1010. The number of anilines is 1. The van der Waals surface area contributed by atoms with Gasteiger partial charge in [0.05, 0.1) is 11.1 Å². The third kappa shape index (κ3) is 3.29. The number of fused-ring (bicyclic) bond motifs is 1. The zero-order valence-corrected chi connectivity index (χ0v) is 14.8. The smallest absolute Gasteiger partial charge is 0.320 e. The summed E-state index contributed by atoms with van der Waals surface area (Å²) in [6, 6.07) is 14.0. The van der Waals surface area contributed by atoms with Crippen LogP contribution >= 0.6 is 0 Å². The molecule has 27 heavy (non-hydrogen) atoms. The monoisotopic (exact) mass is 364 g/mol. The van der Waals surface area contributed by atoms with Crippen molar-refractivity contribution in [3.63, 3.8) is 0 Å². The number of likely N-dealkylation sites (N-methyl/N-ethyl adjacent to an activating group) is 1. The molecule has 1 saturated heterocycles. The van der Waals surface area contributed by atoms with Gasteiger partial charge in [0.25, 0.3) is 0 Å². The Balaban J connectivity index is 1.74. The number of benzene rings is 2. The van der Waals surface area contributed by atoms with Crippen LogP contribution in [0.3, 0.4) is 0 Å². The SMILES string of the molecule is CN1CC(Nc2nc(-c3ccccc3O)nc3ccccc23)CC1C(=O)O. The molecule has 4 rings (SSSR count). The zero-order chi connectivity index (χ0) is 19.0. The summed E-state index contributed by atoms with van der Waals surface area (Å²) in [5, 5.41) is 23.8. The summed E-state index contributed by atoms with van der Waals surface area (Å²) in [7, 11) is 1.81. The van der Waals surface area contributed by atoms with E-state index in [0.717, 1.165) is 10.9 Å². The lowest BCUT2D eigenvalue weighted by atomic mass is 10.1. The van der Waals surface area contributed by atoms with Crippen molar-refractivity contribution in [2.45, 2.75) is 18.5 Å². The summed E-state index contributed by atoms with van der Waals surface area (Å²) >= 11 is 0. The highest BCUT2D eigenvalue weighted by Gasteiger charge is 2.34. The van der Waals surface area contributed by atoms with E-state index in [2.05, 4.69) is 15.3 Å². The second-order valence-electron chi connectivity index (χ2n) is 6.80. The summed E-state index contributed by atoms with van der Waals surface area (Å²) in [5.41, 5.74) is 1.31. The molecule has 1 aliphatic heterocycles. The molecule has 1 aliphatic rings. The van der Waals surface area contributed by atoms with E-state index in [1.54, 1.807) is 18.2 Å². The van der Waals surface area contributed by atoms with Crippen LogP contribution in [0.5, 0.6) is 5.75 Å². The van der Waals surface area contributed by atoms with Crippen LogP contribution in [0.15, 0.2) is 48.5 Å². The van der Waals surface area contributed by atoms with E-state index in [4.69, 9.17) is 0 Å². The number of rotatable bonds is 4. The van der Waals surface area contributed by atoms with Gasteiger partial charge in [0.2, 0.25) is 0 Å². The lowest BCUT2D eigenvalue weighted by molar-refractivity contribution is -0.141. The Labute approximate surface area is 156 Å². The van der Waals surface area contributed by atoms with Crippen LogP contribution in [0.4, 0.5) is 5.82 Å². The first-order valence-corrected chi connectivity index (χ1v) is 8.77. The summed E-state index contributed by atoms with van der Waals surface area (Å²) in [4.78, 5) is 22.4. The van der Waals surface area contributed by atoms with Gasteiger partial charge in [0, 0.05) is 18.0 Å². The minimum Gasteiger partial charge on any atom is -0.507 e. The molecule has 0 aliphatic carbocycles. The second kappa shape index (κ2) is 6.85. The third-order valence-electron chi connectivity index (χ3n) is 4.92. The number of nitrogens with zero attached hydrogens (tertiary/aromatic N) is 3. The topological polar surface area (TPSA) is 98.6 Å². The largest absolute Gasteiger partial charge is 0.507 e. The van der Waals surface area contributed by atoms with Crippen LogP contribution in [-0.4, -0.2) is 56.7 Å². The Hall–Kier alpha value is -3.19. The number of aromatic nitrogens is 2. The number of para-hydroxylation sites is 2. The lowest BCUT2D eigenvalue weighted by Gasteiger charge is -2.16. The van der Waals surface area contributed by atoms with Crippen molar-refractivity contribution >= 4 is 22.7 Å². The van der Waals surface area contributed by atoms with Crippen LogP contribution < -0.4 is 5.32 Å². The van der Waals surface area contributed by atoms with Gasteiger partial charge in [0.1, 0.15) is 17.6 Å². The molecular weight excluding hydrogens is 344 g/mol. The van der Waals surface area contributed by atoms with Gasteiger partial charge in [-0.05, 0) is 37.7 Å². The van der Waals surface area contributed by atoms with Gasteiger partial charge in [-0.3, -0.25) is 9.69 Å². The molecule has 7 nitrogen and oxygen atoms in total. The molecular formula is C20H20N4O3. The molecule has 2 heterocycles. The molecule has 2 unspecified atom stereocenters. The Kier molecular flexibility index (Phi) is 4.37. The predicted octanol–water partition coefficient (Wildman–Crippen LogP) is 2.57. The van der Waals surface area contributed by atoms with Crippen LogP contribution in [0, 0.1) is 0 Å². The second-order valence-corrected chi connectivity index (χ2v) is 6.80. The highest BCUT2D eigenvalue weighted by Crippen LogP contribution is 2.31. The molecule has 0 bridgehead atoms. The molecule has 0 radical (unpaired) electrons. The first-order valence-electron chi connectivity index (χ1n) is 8.77. The molecule has 2 aromatic carbocycles. The molecule has 1 aromatic heterocycles. The predicted molar refractivity (Wildman–Crippen MR) is 103 cm³/mol. The van der Waals surface area contributed by atoms with Crippen molar-refractivity contribution in [2.75, 3.05) is 18.9 Å². The van der Waals surface area contributed by atoms with Crippen molar-refractivity contribution in [3.05, 3.63) is 48.5 Å². The molecule has 2 atom stereocenters. The molecule has 1 fully saturated rings. The van der Waals surface area contributed by atoms with Gasteiger partial charge in [-0.15, -0.1) is 0 Å². The minimum absolute atomic E-state index is 0.0355. The lowest BCUT2D eigenvalue weighted by Crippen LogP contribution is -2.32. The molecule has 3 N–H and O–H groups in total. The maximum absolute atomic E-state index is 11.4. The summed E-state index contributed by atoms with van der Waals surface area (Å²) in [6.07, 6.45) is 0.496. The normalized spacial score (nSPS) is 20.0. The average molecular weight is 364 g/mol. The number of likely N-dealkylation sites (tertiary alicyclic amines) is 1. The standard InChI is InChI=1S/C20H20N4O3/c1-24-11-12(10-16(24)20(26)27)21-18-13-6-2-4-8-15(13)22-19(23-18)14-7-3-5-9-17(14)25/h2-9,12,16,25H,10-11H2,1H3,(H,26,27)(H,21,22,23). The van der Waals surface area contributed by atoms with Gasteiger partial charge < -0.3 is 15.5 Å². The van der Waals surface area contributed by atoms with E-state index in [1.807, 2.05) is 42.3 Å². The summed E-state index contributed by atoms with van der Waals surface area (Å²) < 4.78 is 0. The van der Waals surface area contributed by atoms with Gasteiger partial charge in [-0.25, -0.2) is 9.97 Å². The molecule has 0 spiro atoms. The van der Waals surface area contributed by atoms with Crippen LogP contribution in [-0.2, 0) is 4.79 Å². The van der Waals surface area contributed by atoms with Crippen molar-refractivity contribution in [3.8, 4) is 17.1 Å². The number of aromatic hydroxyl groups is 1. The minimum atomic E-state index is -0.816. The molecule has 0 saturated carbocycles. The van der Waals surface area contributed by atoms with Gasteiger partial charge >= 0.3 is 5.97 Å². The van der Waals surface area contributed by atoms with Crippen molar-refractivity contribution in [1.82, 2.24) is 14.9 Å². The maximum atomic E-state index is 11.4. The quantitative estimate of drug-likeness (QED) is 0.654. The molecule has 3 aromatic rings. The fourth-order valence-electron chi connectivity index (χ4n) is 3.56. The summed E-state index contributed by atoms with van der Waals surface area (Å²) in [5.74, 6) is 0.369. The van der Waals surface area contributed by atoms with Gasteiger partial charge in [-0.2, -0.15) is 0 Å². The number of nitrogens with one attached hydrogen (secondary N) is 1. The fourth-order valence-corrected chi connectivity index (χ4v) is 3.56. The average Bonchev–Trinajstić information content (AvgIpc) is 3.02.